The van der Waals surface area contributed by atoms with Gasteiger partial charge in [0.15, 0.2) is 5.82 Å². The van der Waals surface area contributed by atoms with Gasteiger partial charge in [-0.15, -0.1) is 0 Å². The number of urea groups is 1. The molecule has 3 aliphatic rings. The maximum Gasteiger partial charge on any atom is 0.325 e. The number of rotatable bonds is 4. The number of carbonyl (C=O) groups is 3. The Morgan fingerprint density at radius 3 is 2.76 bits per heavy atom. The summed E-state index contributed by atoms with van der Waals surface area (Å²) in [6.45, 7) is 0.323. The van der Waals surface area contributed by atoms with Crippen molar-refractivity contribution in [3.63, 3.8) is 0 Å². The number of aromatic nitrogens is 2. The van der Waals surface area contributed by atoms with Gasteiger partial charge in [-0.1, -0.05) is 43.0 Å². The van der Waals surface area contributed by atoms with E-state index in [0.29, 0.717) is 30.2 Å². The zero-order chi connectivity index (χ0) is 23.0. The molecule has 0 bridgehead atoms. The van der Waals surface area contributed by atoms with E-state index in [2.05, 4.69) is 10.3 Å². The Balaban J connectivity index is 1.33. The number of imide groups is 1. The third kappa shape index (κ3) is 4.08. The topological polar surface area (TPSA) is 95.5 Å². The molecule has 3 fully saturated rings. The second-order valence-corrected chi connectivity index (χ2v) is 9.46. The van der Waals surface area contributed by atoms with E-state index in [1.165, 1.54) is 0 Å². The molecule has 1 aromatic carbocycles. The third-order valence-electron chi connectivity index (χ3n) is 6.92. The lowest BCUT2D eigenvalue weighted by Crippen LogP contribution is -2.49. The minimum Gasteiger partial charge on any atom is -0.333 e. The first-order valence-corrected chi connectivity index (χ1v) is 11.9. The molecule has 8 nitrogen and oxygen atoms in total. The Morgan fingerprint density at radius 1 is 1.15 bits per heavy atom. The van der Waals surface area contributed by atoms with E-state index in [1.807, 2.05) is 18.2 Å². The molecule has 5 rings (SSSR count). The number of carbonyl (C=O) groups excluding carboxylic acids is 3. The van der Waals surface area contributed by atoms with Gasteiger partial charge in [0.1, 0.15) is 12.1 Å². The van der Waals surface area contributed by atoms with Gasteiger partial charge in [-0.3, -0.25) is 14.5 Å². The maximum atomic E-state index is 13.2. The average molecular weight is 468 g/mol. The summed E-state index contributed by atoms with van der Waals surface area (Å²) in [6.07, 6.45) is 7.44. The molecule has 1 atom stereocenters. The number of halogens is 1. The Kier molecular flexibility index (Phi) is 5.78. The molecule has 1 spiro atoms. The molecule has 1 unspecified atom stereocenters. The minimum atomic E-state index is -0.821. The lowest BCUT2D eigenvalue weighted by Gasteiger charge is -2.30. The fourth-order valence-corrected chi connectivity index (χ4v) is 5.43. The SMILES string of the molecule is O=C1NC2(CCCCC2)C(=O)N1CC(=O)N1CCCC1c1ccnc(-c2cccc(Cl)c2)n1. The third-order valence-corrected chi connectivity index (χ3v) is 7.16. The number of benzene rings is 1. The van der Waals surface area contributed by atoms with Gasteiger partial charge in [0.25, 0.3) is 5.91 Å². The van der Waals surface area contributed by atoms with Crippen molar-refractivity contribution in [2.45, 2.75) is 56.5 Å². The Hall–Kier alpha value is -3.00. The molecule has 33 heavy (non-hydrogen) atoms. The smallest absolute Gasteiger partial charge is 0.325 e. The molecular formula is C24H26ClN5O3. The molecule has 1 aliphatic carbocycles. The highest BCUT2D eigenvalue weighted by Crippen LogP contribution is 2.35. The summed E-state index contributed by atoms with van der Waals surface area (Å²) < 4.78 is 0. The van der Waals surface area contributed by atoms with Gasteiger partial charge in [-0.25, -0.2) is 14.8 Å². The van der Waals surface area contributed by atoms with E-state index in [0.717, 1.165) is 48.3 Å². The van der Waals surface area contributed by atoms with Gasteiger partial charge in [-0.05, 0) is 43.9 Å². The highest BCUT2D eigenvalue weighted by Gasteiger charge is 2.52. The highest BCUT2D eigenvalue weighted by molar-refractivity contribution is 6.30. The number of nitrogens with one attached hydrogen (secondary N) is 1. The summed E-state index contributed by atoms with van der Waals surface area (Å²) in [5.74, 6) is 0.0426. The number of likely N-dealkylation sites (tertiary alicyclic amines) is 1. The first-order chi connectivity index (χ1) is 16.0. The molecule has 2 saturated heterocycles. The quantitative estimate of drug-likeness (QED) is 0.691. The largest absolute Gasteiger partial charge is 0.333 e. The van der Waals surface area contributed by atoms with Crippen LogP contribution in [0.25, 0.3) is 11.4 Å². The van der Waals surface area contributed by atoms with E-state index >= 15 is 0 Å². The van der Waals surface area contributed by atoms with Crippen molar-refractivity contribution >= 4 is 29.4 Å². The highest BCUT2D eigenvalue weighted by atomic mass is 35.5. The normalized spacial score (nSPS) is 22.2. The van der Waals surface area contributed by atoms with Crippen LogP contribution in [0, 0.1) is 0 Å². The van der Waals surface area contributed by atoms with Crippen LogP contribution in [0.1, 0.15) is 56.7 Å². The maximum absolute atomic E-state index is 13.2. The van der Waals surface area contributed by atoms with Crippen LogP contribution in [-0.4, -0.2) is 56.2 Å². The van der Waals surface area contributed by atoms with Gasteiger partial charge < -0.3 is 10.2 Å². The molecule has 4 amide bonds. The second-order valence-electron chi connectivity index (χ2n) is 9.02. The zero-order valence-corrected chi connectivity index (χ0v) is 19.1. The fourth-order valence-electron chi connectivity index (χ4n) is 5.24. The van der Waals surface area contributed by atoms with Crippen molar-refractivity contribution in [3.8, 4) is 11.4 Å². The van der Waals surface area contributed by atoms with Gasteiger partial charge in [0, 0.05) is 23.3 Å². The van der Waals surface area contributed by atoms with Gasteiger partial charge >= 0.3 is 6.03 Å². The van der Waals surface area contributed by atoms with Gasteiger partial charge in [0.05, 0.1) is 11.7 Å². The van der Waals surface area contributed by atoms with Gasteiger partial charge in [-0.2, -0.15) is 0 Å². The van der Waals surface area contributed by atoms with Crippen LogP contribution < -0.4 is 5.32 Å². The Bertz CT molecular complexity index is 1100. The Labute approximate surface area is 197 Å². The van der Waals surface area contributed by atoms with Crippen LogP contribution in [0.4, 0.5) is 4.79 Å². The summed E-state index contributed by atoms with van der Waals surface area (Å²) in [5.41, 5.74) is 0.725. The lowest BCUT2D eigenvalue weighted by atomic mass is 9.82. The van der Waals surface area contributed by atoms with E-state index in [-0.39, 0.29) is 24.4 Å². The molecule has 2 aliphatic heterocycles. The number of hydrogen-bond acceptors (Lipinski definition) is 5. The first-order valence-electron chi connectivity index (χ1n) is 11.5. The molecule has 1 aromatic heterocycles. The van der Waals surface area contributed by atoms with E-state index < -0.39 is 11.6 Å². The van der Waals surface area contributed by atoms with Crippen LogP contribution in [0.2, 0.25) is 5.02 Å². The predicted molar refractivity (Wildman–Crippen MR) is 122 cm³/mol. The molecule has 172 valence electrons. The van der Waals surface area contributed by atoms with E-state index in [4.69, 9.17) is 16.6 Å². The monoisotopic (exact) mass is 467 g/mol. The van der Waals surface area contributed by atoms with Crippen molar-refractivity contribution in [1.82, 2.24) is 25.1 Å². The molecule has 2 aromatic rings. The van der Waals surface area contributed by atoms with Crippen molar-refractivity contribution in [3.05, 3.63) is 47.2 Å². The van der Waals surface area contributed by atoms with Gasteiger partial charge in [0.2, 0.25) is 5.91 Å². The summed E-state index contributed by atoms with van der Waals surface area (Å²) in [4.78, 5) is 50.8. The lowest BCUT2D eigenvalue weighted by molar-refractivity contribution is -0.140. The minimum absolute atomic E-state index is 0.220. The molecular weight excluding hydrogens is 442 g/mol. The summed E-state index contributed by atoms with van der Waals surface area (Å²) in [5, 5.41) is 3.47. The van der Waals surface area contributed by atoms with Crippen molar-refractivity contribution in [2.75, 3.05) is 13.1 Å². The molecule has 0 radical (unpaired) electrons. The standard InChI is InChI=1S/C24H26ClN5O3/c25-17-7-4-6-16(14-17)21-26-12-9-18(27-21)19-8-5-13-29(19)20(31)15-30-22(32)24(28-23(30)33)10-2-1-3-11-24/h4,6-7,9,12,14,19H,1-3,5,8,10-11,13,15H2,(H,28,33). The second kappa shape index (κ2) is 8.74. The number of amides is 4. The van der Waals surface area contributed by atoms with Crippen molar-refractivity contribution in [1.29, 1.82) is 0 Å². The first kappa shape index (κ1) is 21.8. The van der Waals surface area contributed by atoms with Crippen LogP contribution in [0.5, 0.6) is 0 Å². The summed E-state index contributed by atoms with van der Waals surface area (Å²) >= 11 is 6.11. The van der Waals surface area contributed by atoms with Crippen LogP contribution in [0.15, 0.2) is 36.5 Å². The van der Waals surface area contributed by atoms with Crippen LogP contribution in [-0.2, 0) is 9.59 Å². The van der Waals surface area contributed by atoms with E-state index in [1.54, 1.807) is 23.2 Å². The summed E-state index contributed by atoms with van der Waals surface area (Å²) in [7, 11) is 0. The molecule has 1 N–H and O–H groups in total. The summed E-state index contributed by atoms with van der Waals surface area (Å²) in [6, 6.07) is 8.46. The zero-order valence-electron chi connectivity index (χ0n) is 18.3. The number of hydrogen-bond donors (Lipinski definition) is 1. The predicted octanol–water partition coefficient (Wildman–Crippen LogP) is 3.72. The van der Waals surface area contributed by atoms with Crippen LogP contribution >= 0.6 is 11.6 Å². The van der Waals surface area contributed by atoms with E-state index in [9.17, 15) is 14.4 Å². The van der Waals surface area contributed by atoms with Crippen molar-refractivity contribution < 1.29 is 14.4 Å². The fraction of sp³-hybridized carbons (Fsp3) is 0.458. The molecule has 1 saturated carbocycles. The Morgan fingerprint density at radius 2 is 1.97 bits per heavy atom. The van der Waals surface area contributed by atoms with Crippen LogP contribution in [0.3, 0.4) is 0 Å². The van der Waals surface area contributed by atoms with Crippen molar-refractivity contribution in [2.24, 2.45) is 0 Å². The average Bonchev–Trinajstić information content (AvgIpc) is 3.40. The number of nitrogens with zero attached hydrogens (tertiary/aromatic N) is 4. The molecule has 3 heterocycles. The molecule has 9 heteroatoms.